The molecule has 3 heteroatoms. The van der Waals surface area contributed by atoms with Crippen LogP contribution in [0.3, 0.4) is 0 Å². The summed E-state index contributed by atoms with van der Waals surface area (Å²) in [6.07, 6.45) is 0. The SMILES string of the molecule is CC(C)CSCC(N)c1cccc(Cl)c1. The van der Waals surface area contributed by atoms with Gasteiger partial charge in [0.05, 0.1) is 0 Å². The zero-order chi connectivity index (χ0) is 11.3. The van der Waals surface area contributed by atoms with Crippen LogP contribution in [0.5, 0.6) is 0 Å². The molecule has 0 radical (unpaired) electrons. The van der Waals surface area contributed by atoms with Gasteiger partial charge in [-0.3, -0.25) is 0 Å². The van der Waals surface area contributed by atoms with E-state index in [0.29, 0.717) is 0 Å². The summed E-state index contributed by atoms with van der Waals surface area (Å²) < 4.78 is 0. The van der Waals surface area contributed by atoms with Gasteiger partial charge < -0.3 is 5.73 Å². The third-order valence-electron chi connectivity index (χ3n) is 2.03. The Morgan fingerprint density at radius 2 is 2.07 bits per heavy atom. The molecule has 2 N–H and O–H groups in total. The van der Waals surface area contributed by atoms with Gasteiger partial charge in [0.1, 0.15) is 0 Å². The van der Waals surface area contributed by atoms with E-state index in [9.17, 15) is 0 Å². The van der Waals surface area contributed by atoms with E-state index < -0.39 is 0 Å². The molecule has 15 heavy (non-hydrogen) atoms. The van der Waals surface area contributed by atoms with Gasteiger partial charge in [0.25, 0.3) is 0 Å². The van der Waals surface area contributed by atoms with Crippen molar-refractivity contribution in [1.29, 1.82) is 0 Å². The number of hydrogen-bond donors (Lipinski definition) is 1. The number of halogens is 1. The number of rotatable bonds is 5. The van der Waals surface area contributed by atoms with Gasteiger partial charge >= 0.3 is 0 Å². The average molecular weight is 244 g/mol. The predicted molar refractivity (Wildman–Crippen MR) is 70.5 cm³/mol. The van der Waals surface area contributed by atoms with Crippen LogP contribution in [0.4, 0.5) is 0 Å². The summed E-state index contributed by atoms with van der Waals surface area (Å²) in [5.74, 6) is 2.84. The van der Waals surface area contributed by atoms with E-state index in [-0.39, 0.29) is 6.04 Å². The molecule has 1 rings (SSSR count). The topological polar surface area (TPSA) is 26.0 Å². The third kappa shape index (κ3) is 4.92. The molecule has 1 nitrogen and oxygen atoms in total. The van der Waals surface area contributed by atoms with Crippen LogP contribution < -0.4 is 5.73 Å². The Morgan fingerprint density at radius 1 is 1.33 bits per heavy atom. The minimum Gasteiger partial charge on any atom is -0.323 e. The highest BCUT2D eigenvalue weighted by atomic mass is 35.5. The summed E-state index contributed by atoms with van der Waals surface area (Å²) in [6, 6.07) is 7.89. The van der Waals surface area contributed by atoms with Crippen molar-refractivity contribution in [3.8, 4) is 0 Å². The maximum Gasteiger partial charge on any atom is 0.0409 e. The summed E-state index contributed by atoms with van der Waals surface area (Å²) in [4.78, 5) is 0. The van der Waals surface area contributed by atoms with Crippen LogP contribution in [0.15, 0.2) is 24.3 Å². The van der Waals surface area contributed by atoms with Gasteiger partial charge in [-0.15, -0.1) is 0 Å². The molecule has 0 fully saturated rings. The van der Waals surface area contributed by atoms with E-state index in [1.54, 1.807) is 0 Å². The Balaban J connectivity index is 2.43. The number of nitrogens with two attached hydrogens (primary N) is 1. The first-order chi connectivity index (χ1) is 7.09. The predicted octanol–water partition coefficient (Wildman–Crippen LogP) is 3.73. The zero-order valence-corrected chi connectivity index (χ0v) is 10.8. The lowest BCUT2D eigenvalue weighted by Crippen LogP contribution is -2.13. The Morgan fingerprint density at radius 3 is 2.67 bits per heavy atom. The van der Waals surface area contributed by atoms with Gasteiger partial charge in [-0.2, -0.15) is 11.8 Å². The van der Waals surface area contributed by atoms with Crippen LogP contribution in [0.25, 0.3) is 0 Å². The second kappa shape index (κ2) is 6.41. The Hall–Kier alpha value is -0.180. The van der Waals surface area contributed by atoms with E-state index in [2.05, 4.69) is 13.8 Å². The molecule has 0 aliphatic rings. The molecular weight excluding hydrogens is 226 g/mol. The molecular formula is C12H18ClNS. The lowest BCUT2D eigenvalue weighted by Gasteiger charge is -2.12. The second-order valence-electron chi connectivity index (χ2n) is 4.09. The number of hydrogen-bond acceptors (Lipinski definition) is 2. The first-order valence-corrected chi connectivity index (χ1v) is 6.71. The van der Waals surface area contributed by atoms with Crippen molar-refractivity contribution in [3.05, 3.63) is 34.9 Å². The van der Waals surface area contributed by atoms with Gasteiger partial charge in [0.15, 0.2) is 0 Å². The molecule has 0 saturated carbocycles. The van der Waals surface area contributed by atoms with Crippen LogP contribution >= 0.6 is 23.4 Å². The monoisotopic (exact) mass is 243 g/mol. The molecule has 0 aromatic heterocycles. The maximum absolute atomic E-state index is 6.07. The third-order valence-corrected chi connectivity index (χ3v) is 3.76. The standard InChI is InChI=1S/C12H18ClNS/c1-9(2)7-15-8-12(14)10-4-3-5-11(13)6-10/h3-6,9,12H,7-8,14H2,1-2H3. The highest BCUT2D eigenvalue weighted by molar-refractivity contribution is 7.99. The molecule has 0 aliphatic heterocycles. The molecule has 0 saturated heterocycles. The summed E-state index contributed by atoms with van der Waals surface area (Å²) >= 11 is 7.81. The van der Waals surface area contributed by atoms with Gasteiger partial charge in [-0.25, -0.2) is 0 Å². The van der Waals surface area contributed by atoms with Gasteiger partial charge in [-0.05, 0) is 29.4 Å². The van der Waals surface area contributed by atoms with E-state index >= 15 is 0 Å². The molecule has 0 heterocycles. The first kappa shape index (κ1) is 12.9. The molecule has 0 amide bonds. The van der Waals surface area contributed by atoms with Crippen LogP contribution in [0.1, 0.15) is 25.5 Å². The van der Waals surface area contributed by atoms with E-state index in [4.69, 9.17) is 17.3 Å². The summed E-state index contributed by atoms with van der Waals surface area (Å²) in [5, 5.41) is 0.761. The fraction of sp³-hybridized carbons (Fsp3) is 0.500. The highest BCUT2D eigenvalue weighted by Gasteiger charge is 2.06. The van der Waals surface area contributed by atoms with Crippen molar-refractivity contribution in [2.24, 2.45) is 11.7 Å². The van der Waals surface area contributed by atoms with Crippen LogP contribution in [0.2, 0.25) is 5.02 Å². The zero-order valence-electron chi connectivity index (χ0n) is 9.24. The fourth-order valence-electron chi connectivity index (χ4n) is 1.26. The number of thioether (sulfide) groups is 1. The normalized spacial score (nSPS) is 13.1. The lowest BCUT2D eigenvalue weighted by molar-refractivity contribution is 0.746. The Bertz CT molecular complexity index is 301. The van der Waals surface area contributed by atoms with Crippen LogP contribution in [-0.4, -0.2) is 11.5 Å². The van der Waals surface area contributed by atoms with E-state index in [1.165, 1.54) is 0 Å². The maximum atomic E-state index is 6.07. The van der Waals surface area contributed by atoms with Crippen molar-refractivity contribution >= 4 is 23.4 Å². The smallest absolute Gasteiger partial charge is 0.0409 e. The van der Waals surface area contributed by atoms with Gasteiger partial charge in [-0.1, -0.05) is 37.6 Å². The molecule has 1 unspecified atom stereocenters. The number of benzene rings is 1. The Kier molecular flexibility index (Phi) is 5.51. The molecule has 1 aromatic carbocycles. The minimum absolute atomic E-state index is 0.0902. The lowest BCUT2D eigenvalue weighted by atomic mass is 10.1. The minimum atomic E-state index is 0.0902. The quantitative estimate of drug-likeness (QED) is 0.853. The summed E-state index contributed by atoms with van der Waals surface area (Å²) in [7, 11) is 0. The first-order valence-electron chi connectivity index (χ1n) is 5.18. The van der Waals surface area contributed by atoms with Gasteiger partial charge in [0, 0.05) is 16.8 Å². The molecule has 0 aliphatic carbocycles. The molecule has 0 spiro atoms. The second-order valence-corrected chi connectivity index (χ2v) is 5.60. The van der Waals surface area contributed by atoms with E-state index in [1.807, 2.05) is 36.0 Å². The summed E-state index contributed by atoms with van der Waals surface area (Å²) in [5.41, 5.74) is 7.19. The molecule has 0 bridgehead atoms. The summed E-state index contributed by atoms with van der Waals surface area (Å²) in [6.45, 7) is 4.44. The average Bonchev–Trinajstić information content (AvgIpc) is 2.17. The van der Waals surface area contributed by atoms with Crippen molar-refractivity contribution in [1.82, 2.24) is 0 Å². The van der Waals surface area contributed by atoms with Crippen molar-refractivity contribution in [2.45, 2.75) is 19.9 Å². The Labute approximate surface area is 101 Å². The van der Waals surface area contributed by atoms with Crippen molar-refractivity contribution in [2.75, 3.05) is 11.5 Å². The van der Waals surface area contributed by atoms with Crippen LogP contribution in [-0.2, 0) is 0 Å². The highest BCUT2D eigenvalue weighted by Crippen LogP contribution is 2.20. The van der Waals surface area contributed by atoms with E-state index in [0.717, 1.165) is 28.0 Å². The molecule has 84 valence electrons. The fourth-order valence-corrected chi connectivity index (χ4v) is 2.52. The largest absolute Gasteiger partial charge is 0.323 e. The van der Waals surface area contributed by atoms with Crippen molar-refractivity contribution < 1.29 is 0 Å². The van der Waals surface area contributed by atoms with Crippen LogP contribution in [0, 0.1) is 5.92 Å². The molecule has 1 aromatic rings. The molecule has 1 atom stereocenters. The van der Waals surface area contributed by atoms with Gasteiger partial charge in [0.2, 0.25) is 0 Å². The van der Waals surface area contributed by atoms with Crippen molar-refractivity contribution in [3.63, 3.8) is 0 Å².